The third kappa shape index (κ3) is 2.03. The van der Waals surface area contributed by atoms with Crippen molar-refractivity contribution in [1.29, 1.82) is 0 Å². The van der Waals surface area contributed by atoms with E-state index in [0.717, 1.165) is 23.3 Å². The minimum atomic E-state index is -0.885. The summed E-state index contributed by atoms with van der Waals surface area (Å²) in [7, 11) is 1.76. The molecule has 0 radical (unpaired) electrons. The highest BCUT2D eigenvalue weighted by atomic mass is 19.2. The van der Waals surface area contributed by atoms with Crippen molar-refractivity contribution in [3.05, 3.63) is 41.0 Å². The molecule has 0 aliphatic carbocycles. The molecule has 1 heterocycles. The Bertz CT molecular complexity index is 597. The largest absolute Gasteiger partial charge is 0.371 e. The van der Waals surface area contributed by atoms with Gasteiger partial charge in [0.1, 0.15) is 0 Å². The number of nitrogens with one attached hydrogen (secondary N) is 1. The van der Waals surface area contributed by atoms with E-state index in [9.17, 15) is 8.78 Å². The van der Waals surface area contributed by atoms with Crippen molar-refractivity contribution in [2.24, 2.45) is 0 Å². The highest BCUT2D eigenvalue weighted by molar-refractivity contribution is 5.66. The molecule has 18 heavy (non-hydrogen) atoms. The van der Waals surface area contributed by atoms with E-state index >= 15 is 0 Å². The number of hydrogen-bond donors (Lipinski definition) is 1. The summed E-state index contributed by atoms with van der Waals surface area (Å²) in [6.07, 6.45) is 0. The standard InChI is InChI=1S/C13H13F2N3/c1-7-8(2)13(16-3)18-17-12(7)9-4-5-10(14)11(15)6-9/h4-6H,1-3H3,(H,16,18). The fourth-order valence-corrected chi connectivity index (χ4v) is 1.76. The van der Waals surface area contributed by atoms with Crippen LogP contribution in [0.1, 0.15) is 11.1 Å². The minimum absolute atomic E-state index is 0.518. The molecule has 5 heteroatoms. The SMILES string of the molecule is CNc1nnc(-c2ccc(F)c(F)c2)c(C)c1C. The molecule has 3 nitrogen and oxygen atoms in total. The molecule has 0 saturated heterocycles. The average molecular weight is 249 g/mol. The molecule has 1 aromatic heterocycles. The minimum Gasteiger partial charge on any atom is -0.371 e. The molecule has 0 unspecified atom stereocenters. The van der Waals surface area contributed by atoms with Crippen LogP contribution in [0.25, 0.3) is 11.3 Å². The number of anilines is 1. The van der Waals surface area contributed by atoms with Gasteiger partial charge in [-0.3, -0.25) is 0 Å². The Balaban J connectivity index is 2.57. The van der Waals surface area contributed by atoms with Crippen molar-refractivity contribution in [2.75, 3.05) is 12.4 Å². The van der Waals surface area contributed by atoms with Gasteiger partial charge in [0, 0.05) is 12.6 Å². The van der Waals surface area contributed by atoms with Gasteiger partial charge in [-0.1, -0.05) is 0 Å². The van der Waals surface area contributed by atoms with E-state index in [1.807, 2.05) is 13.8 Å². The first-order valence-electron chi connectivity index (χ1n) is 5.51. The third-order valence-corrected chi connectivity index (χ3v) is 2.95. The van der Waals surface area contributed by atoms with Gasteiger partial charge in [0.2, 0.25) is 0 Å². The van der Waals surface area contributed by atoms with Crippen LogP contribution in [0.2, 0.25) is 0 Å². The van der Waals surface area contributed by atoms with Crippen molar-refractivity contribution < 1.29 is 8.78 Å². The predicted molar refractivity (Wildman–Crippen MR) is 66.4 cm³/mol. The van der Waals surface area contributed by atoms with Crippen molar-refractivity contribution in [2.45, 2.75) is 13.8 Å². The maximum atomic E-state index is 13.2. The lowest BCUT2D eigenvalue weighted by Crippen LogP contribution is -2.03. The number of rotatable bonds is 2. The van der Waals surface area contributed by atoms with Crippen LogP contribution in [0.3, 0.4) is 0 Å². The molecule has 0 atom stereocenters. The Hall–Kier alpha value is -2.04. The van der Waals surface area contributed by atoms with Gasteiger partial charge in [0.15, 0.2) is 17.5 Å². The van der Waals surface area contributed by atoms with Crippen LogP contribution in [-0.4, -0.2) is 17.2 Å². The molecule has 0 saturated carbocycles. The second-order valence-electron chi connectivity index (χ2n) is 4.03. The zero-order chi connectivity index (χ0) is 13.3. The van der Waals surface area contributed by atoms with Crippen molar-refractivity contribution >= 4 is 5.82 Å². The molecule has 0 amide bonds. The van der Waals surface area contributed by atoms with Gasteiger partial charge in [-0.05, 0) is 43.2 Å². The van der Waals surface area contributed by atoms with E-state index in [0.29, 0.717) is 17.1 Å². The molecule has 94 valence electrons. The van der Waals surface area contributed by atoms with Crippen LogP contribution >= 0.6 is 0 Å². The Labute approximate surface area is 104 Å². The van der Waals surface area contributed by atoms with Crippen LogP contribution < -0.4 is 5.32 Å². The smallest absolute Gasteiger partial charge is 0.159 e. The Morgan fingerprint density at radius 2 is 1.72 bits per heavy atom. The van der Waals surface area contributed by atoms with Gasteiger partial charge in [-0.2, -0.15) is 0 Å². The second kappa shape index (κ2) is 4.68. The lowest BCUT2D eigenvalue weighted by molar-refractivity contribution is 0.509. The van der Waals surface area contributed by atoms with Gasteiger partial charge in [-0.25, -0.2) is 8.78 Å². The predicted octanol–water partition coefficient (Wildman–Crippen LogP) is 3.08. The maximum absolute atomic E-state index is 13.2. The number of hydrogen-bond acceptors (Lipinski definition) is 3. The van der Waals surface area contributed by atoms with E-state index in [4.69, 9.17) is 0 Å². The summed E-state index contributed by atoms with van der Waals surface area (Å²) >= 11 is 0. The fourth-order valence-electron chi connectivity index (χ4n) is 1.76. The van der Waals surface area contributed by atoms with E-state index < -0.39 is 11.6 Å². The van der Waals surface area contributed by atoms with Crippen molar-refractivity contribution in [3.63, 3.8) is 0 Å². The van der Waals surface area contributed by atoms with Gasteiger partial charge in [0.05, 0.1) is 5.69 Å². The molecule has 2 rings (SSSR count). The van der Waals surface area contributed by atoms with Crippen LogP contribution in [0.5, 0.6) is 0 Å². The topological polar surface area (TPSA) is 37.8 Å². The molecule has 1 aromatic carbocycles. The highest BCUT2D eigenvalue weighted by Gasteiger charge is 2.12. The second-order valence-corrected chi connectivity index (χ2v) is 4.03. The maximum Gasteiger partial charge on any atom is 0.159 e. The molecular formula is C13H13F2N3. The molecule has 2 aromatic rings. The summed E-state index contributed by atoms with van der Waals surface area (Å²) in [4.78, 5) is 0. The number of benzene rings is 1. The van der Waals surface area contributed by atoms with E-state index in [2.05, 4.69) is 15.5 Å². The summed E-state index contributed by atoms with van der Waals surface area (Å²) in [5.41, 5.74) is 2.91. The summed E-state index contributed by atoms with van der Waals surface area (Å²) < 4.78 is 26.1. The zero-order valence-electron chi connectivity index (χ0n) is 10.4. The van der Waals surface area contributed by atoms with Crippen LogP contribution in [0, 0.1) is 25.5 Å². The fraction of sp³-hybridized carbons (Fsp3) is 0.231. The highest BCUT2D eigenvalue weighted by Crippen LogP contribution is 2.26. The van der Waals surface area contributed by atoms with Gasteiger partial charge >= 0.3 is 0 Å². The third-order valence-electron chi connectivity index (χ3n) is 2.95. The molecule has 0 bridgehead atoms. The zero-order valence-corrected chi connectivity index (χ0v) is 10.4. The normalized spacial score (nSPS) is 10.5. The molecular weight excluding hydrogens is 236 g/mol. The summed E-state index contributed by atoms with van der Waals surface area (Å²) in [5.74, 6) is -1.07. The molecule has 0 fully saturated rings. The number of nitrogens with zero attached hydrogens (tertiary/aromatic N) is 2. The van der Waals surface area contributed by atoms with Crippen molar-refractivity contribution in [3.8, 4) is 11.3 Å². The van der Waals surface area contributed by atoms with Crippen LogP contribution in [0.15, 0.2) is 18.2 Å². The average Bonchev–Trinajstić information content (AvgIpc) is 2.36. The Morgan fingerprint density at radius 1 is 1.00 bits per heavy atom. The van der Waals surface area contributed by atoms with E-state index in [-0.39, 0.29) is 0 Å². The quantitative estimate of drug-likeness (QED) is 0.888. The van der Waals surface area contributed by atoms with Crippen LogP contribution in [0.4, 0.5) is 14.6 Å². The van der Waals surface area contributed by atoms with E-state index in [1.165, 1.54) is 6.07 Å². The van der Waals surface area contributed by atoms with Gasteiger partial charge in [0.25, 0.3) is 0 Å². The number of halogens is 2. The first-order chi connectivity index (χ1) is 8.54. The summed E-state index contributed by atoms with van der Waals surface area (Å²) in [6, 6.07) is 3.71. The molecule has 1 N–H and O–H groups in total. The molecule has 0 spiro atoms. The Kier molecular flexibility index (Phi) is 3.23. The van der Waals surface area contributed by atoms with Gasteiger partial charge in [-0.15, -0.1) is 10.2 Å². The first-order valence-corrected chi connectivity index (χ1v) is 5.51. The van der Waals surface area contributed by atoms with Gasteiger partial charge < -0.3 is 5.32 Å². The molecule has 0 aliphatic heterocycles. The Morgan fingerprint density at radius 3 is 2.33 bits per heavy atom. The number of aromatic nitrogens is 2. The molecule has 0 aliphatic rings. The van der Waals surface area contributed by atoms with Crippen molar-refractivity contribution in [1.82, 2.24) is 10.2 Å². The van der Waals surface area contributed by atoms with E-state index in [1.54, 1.807) is 7.05 Å². The lowest BCUT2D eigenvalue weighted by atomic mass is 10.0. The first kappa shape index (κ1) is 12.4. The lowest BCUT2D eigenvalue weighted by Gasteiger charge is -2.10. The van der Waals surface area contributed by atoms with Crippen LogP contribution in [-0.2, 0) is 0 Å². The summed E-state index contributed by atoms with van der Waals surface area (Å²) in [5, 5.41) is 11.0. The monoisotopic (exact) mass is 249 g/mol. The summed E-state index contributed by atoms with van der Waals surface area (Å²) in [6.45, 7) is 3.78.